The first-order valence-electron chi connectivity index (χ1n) is 7.61. The summed E-state index contributed by atoms with van der Waals surface area (Å²) in [5, 5.41) is 0. The molecule has 0 N–H and O–H groups in total. The molecular formula is C18H20FNO2. The highest BCUT2D eigenvalue weighted by Crippen LogP contribution is 2.46. The van der Waals surface area contributed by atoms with E-state index >= 15 is 0 Å². The van der Waals surface area contributed by atoms with Crippen molar-refractivity contribution < 1.29 is 13.9 Å². The third-order valence-corrected chi connectivity index (χ3v) is 4.77. The van der Waals surface area contributed by atoms with Crippen molar-refractivity contribution in [3.05, 3.63) is 41.3 Å². The zero-order chi connectivity index (χ0) is 16.0. The molecule has 3 rings (SSSR count). The summed E-state index contributed by atoms with van der Waals surface area (Å²) in [5.41, 5.74) is 3.41. The van der Waals surface area contributed by atoms with Gasteiger partial charge >= 0.3 is 0 Å². The predicted octanol–water partition coefficient (Wildman–Crippen LogP) is 4.57. The van der Waals surface area contributed by atoms with Gasteiger partial charge < -0.3 is 9.30 Å². The maximum atomic E-state index is 14.1. The summed E-state index contributed by atoms with van der Waals surface area (Å²) in [6.07, 6.45) is 2.41. The van der Waals surface area contributed by atoms with Crippen molar-refractivity contribution in [1.29, 1.82) is 0 Å². The topological polar surface area (TPSA) is 31.2 Å². The lowest BCUT2D eigenvalue weighted by Gasteiger charge is -2.32. The number of Topliss-reactive ketones (excluding diaryl/α,β-unsaturated/α-hetero) is 1. The van der Waals surface area contributed by atoms with E-state index in [1.54, 1.807) is 12.1 Å². The fraction of sp³-hybridized carbons (Fsp3) is 0.389. The van der Waals surface area contributed by atoms with Gasteiger partial charge in [-0.25, -0.2) is 4.39 Å². The van der Waals surface area contributed by atoms with Crippen molar-refractivity contribution in [2.45, 2.75) is 39.2 Å². The molecular weight excluding hydrogens is 281 g/mol. The molecule has 116 valence electrons. The van der Waals surface area contributed by atoms with Gasteiger partial charge in [0.2, 0.25) is 0 Å². The van der Waals surface area contributed by atoms with Gasteiger partial charge in [-0.2, -0.15) is 0 Å². The Balaban J connectivity index is 2.31. The van der Waals surface area contributed by atoms with Crippen molar-refractivity contribution >= 4 is 5.78 Å². The van der Waals surface area contributed by atoms with Crippen LogP contribution in [0.15, 0.2) is 24.4 Å². The van der Waals surface area contributed by atoms with Crippen molar-refractivity contribution in [2.75, 3.05) is 7.11 Å². The molecule has 2 aromatic rings. The van der Waals surface area contributed by atoms with E-state index in [0.717, 1.165) is 16.8 Å². The Bertz CT molecular complexity index is 748. The third-order valence-electron chi connectivity index (χ3n) is 4.77. The standard InChI is InChI=1S/C18H20FNO2/c1-5-16(21)12-6-7-20-11(3)10(2)13-8-15(19)17(22-4)9-14(13)18(12)20/h6-11H,5H2,1-4H3. The van der Waals surface area contributed by atoms with E-state index in [9.17, 15) is 9.18 Å². The Hall–Kier alpha value is -2.10. The molecule has 0 saturated carbocycles. The van der Waals surface area contributed by atoms with Gasteiger partial charge in [-0.1, -0.05) is 13.8 Å². The molecule has 0 spiro atoms. The molecule has 1 aromatic carbocycles. The van der Waals surface area contributed by atoms with Crippen LogP contribution in [0.1, 0.15) is 55.1 Å². The van der Waals surface area contributed by atoms with E-state index in [2.05, 4.69) is 18.4 Å². The summed E-state index contributed by atoms with van der Waals surface area (Å²) >= 11 is 0. The molecule has 0 saturated heterocycles. The van der Waals surface area contributed by atoms with Crippen molar-refractivity contribution in [2.24, 2.45) is 0 Å². The average molecular weight is 301 g/mol. The number of rotatable bonds is 3. The smallest absolute Gasteiger partial charge is 0.165 e. The molecule has 0 bridgehead atoms. The Morgan fingerprint density at radius 1 is 1.36 bits per heavy atom. The summed E-state index contributed by atoms with van der Waals surface area (Å²) in [7, 11) is 1.46. The second kappa shape index (κ2) is 5.27. The van der Waals surface area contributed by atoms with Gasteiger partial charge in [0.15, 0.2) is 17.3 Å². The second-order valence-corrected chi connectivity index (χ2v) is 5.87. The zero-order valence-electron chi connectivity index (χ0n) is 13.3. The van der Waals surface area contributed by atoms with E-state index in [-0.39, 0.29) is 29.3 Å². The monoisotopic (exact) mass is 301 g/mol. The van der Waals surface area contributed by atoms with Gasteiger partial charge in [-0.3, -0.25) is 4.79 Å². The third kappa shape index (κ3) is 1.97. The molecule has 2 unspecified atom stereocenters. The summed E-state index contributed by atoms with van der Waals surface area (Å²) in [4.78, 5) is 12.2. The highest BCUT2D eigenvalue weighted by molar-refractivity contribution is 6.02. The zero-order valence-corrected chi connectivity index (χ0v) is 13.3. The molecule has 0 radical (unpaired) electrons. The van der Waals surface area contributed by atoms with E-state index in [1.807, 2.05) is 19.2 Å². The van der Waals surface area contributed by atoms with E-state index in [0.29, 0.717) is 12.0 Å². The number of aromatic nitrogens is 1. The number of halogens is 1. The van der Waals surface area contributed by atoms with Gasteiger partial charge in [0.25, 0.3) is 0 Å². The normalized spacial score (nSPS) is 19.5. The van der Waals surface area contributed by atoms with Crippen LogP contribution in [0, 0.1) is 5.82 Å². The fourth-order valence-corrected chi connectivity index (χ4v) is 3.29. The minimum absolute atomic E-state index is 0.102. The predicted molar refractivity (Wildman–Crippen MR) is 84.1 cm³/mol. The number of methoxy groups -OCH3 is 1. The Kier molecular flexibility index (Phi) is 3.55. The Morgan fingerprint density at radius 2 is 2.09 bits per heavy atom. The minimum Gasteiger partial charge on any atom is -0.494 e. The highest BCUT2D eigenvalue weighted by Gasteiger charge is 2.32. The maximum Gasteiger partial charge on any atom is 0.165 e. The van der Waals surface area contributed by atoms with Crippen LogP contribution in [0.4, 0.5) is 4.39 Å². The lowest BCUT2D eigenvalue weighted by Crippen LogP contribution is -2.20. The molecule has 0 amide bonds. The van der Waals surface area contributed by atoms with E-state index in [1.165, 1.54) is 7.11 Å². The molecule has 1 aromatic heterocycles. The summed E-state index contributed by atoms with van der Waals surface area (Å²) < 4.78 is 21.3. The van der Waals surface area contributed by atoms with Crippen LogP contribution in [-0.2, 0) is 0 Å². The second-order valence-electron chi connectivity index (χ2n) is 5.87. The van der Waals surface area contributed by atoms with Gasteiger partial charge in [0.1, 0.15) is 0 Å². The SMILES string of the molecule is CCC(=O)c1ccn2c1-c1cc(OC)c(F)cc1C(C)C2C. The lowest BCUT2D eigenvalue weighted by molar-refractivity contribution is 0.0988. The number of nitrogens with zero attached hydrogens (tertiary/aromatic N) is 1. The number of ketones is 1. The number of carbonyl (C=O) groups is 1. The van der Waals surface area contributed by atoms with Crippen molar-refractivity contribution in [1.82, 2.24) is 4.57 Å². The maximum absolute atomic E-state index is 14.1. The van der Waals surface area contributed by atoms with Crippen LogP contribution in [-0.4, -0.2) is 17.5 Å². The molecule has 3 nitrogen and oxygen atoms in total. The molecule has 4 heteroatoms. The van der Waals surface area contributed by atoms with Crippen molar-refractivity contribution in [3.63, 3.8) is 0 Å². The molecule has 2 heterocycles. The lowest BCUT2D eigenvalue weighted by atomic mass is 9.84. The summed E-state index contributed by atoms with van der Waals surface area (Å²) in [6.45, 7) is 6.03. The molecule has 0 aliphatic carbocycles. The minimum atomic E-state index is -0.358. The van der Waals surface area contributed by atoms with Gasteiger partial charge in [-0.15, -0.1) is 0 Å². The van der Waals surface area contributed by atoms with Crippen LogP contribution in [0.5, 0.6) is 5.75 Å². The quantitative estimate of drug-likeness (QED) is 0.777. The van der Waals surface area contributed by atoms with Crippen LogP contribution < -0.4 is 4.74 Å². The van der Waals surface area contributed by atoms with E-state index in [4.69, 9.17) is 4.74 Å². The molecule has 2 atom stereocenters. The van der Waals surface area contributed by atoms with Crippen LogP contribution >= 0.6 is 0 Å². The molecule has 22 heavy (non-hydrogen) atoms. The first-order valence-corrected chi connectivity index (χ1v) is 7.61. The van der Waals surface area contributed by atoms with Crippen molar-refractivity contribution in [3.8, 4) is 17.0 Å². The highest BCUT2D eigenvalue weighted by atomic mass is 19.1. The first kappa shape index (κ1) is 14.8. The fourth-order valence-electron chi connectivity index (χ4n) is 3.29. The molecule has 1 aliphatic rings. The number of ether oxygens (including phenoxy) is 1. The van der Waals surface area contributed by atoms with Gasteiger partial charge in [0, 0.05) is 35.7 Å². The average Bonchev–Trinajstić information content (AvgIpc) is 2.96. The number of hydrogen-bond acceptors (Lipinski definition) is 2. The molecule has 0 fully saturated rings. The Labute approximate surface area is 129 Å². The van der Waals surface area contributed by atoms with Crippen LogP contribution in [0.2, 0.25) is 0 Å². The van der Waals surface area contributed by atoms with Crippen LogP contribution in [0.25, 0.3) is 11.3 Å². The summed E-state index contributed by atoms with van der Waals surface area (Å²) in [5.74, 6) is 0.122. The molecule has 1 aliphatic heterocycles. The first-order chi connectivity index (χ1) is 10.5. The number of benzene rings is 1. The Morgan fingerprint density at radius 3 is 2.73 bits per heavy atom. The largest absolute Gasteiger partial charge is 0.494 e. The number of hydrogen-bond donors (Lipinski definition) is 0. The van der Waals surface area contributed by atoms with Gasteiger partial charge in [-0.05, 0) is 30.7 Å². The van der Waals surface area contributed by atoms with E-state index < -0.39 is 0 Å². The van der Waals surface area contributed by atoms with Crippen LogP contribution in [0.3, 0.4) is 0 Å². The summed E-state index contributed by atoms with van der Waals surface area (Å²) in [6, 6.07) is 5.31. The van der Waals surface area contributed by atoms with Gasteiger partial charge in [0.05, 0.1) is 12.8 Å². The number of fused-ring (bicyclic) bond motifs is 3. The number of carbonyl (C=O) groups excluding carboxylic acids is 1.